The lowest BCUT2D eigenvalue weighted by Crippen LogP contribution is -2.15. The van der Waals surface area contributed by atoms with E-state index < -0.39 is 0 Å². The third-order valence-electron chi connectivity index (χ3n) is 4.22. The van der Waals surface area contributed by atoms with Crippen molar-refractivity contribution in [3.05, 3.63) is 91.6 Å². The highest BCUT2D eigenvalue weighted by Crippen LogP contribution is 2.21. The molecule has 0 amide bonds. The Bertz CT molecular complexity index is 801. The van der Waals surface area contributed by atoms with Gasteiger partial charge in [0, 0.05) is 18.0 Å². The summed E-state index contributed by atoms with van der Waals surface area (Å²) in [6.07, 6.45) is 12.2. The van der Waals surface area contributed by atoms with Gasteiger partial charge in [-0.15, -0.1) is 12.5 Å². The Hall–Kier alpha value is -2.98. The van der Waals surface area contributed by atoms with E-state index in [0.29, 0.717) is 5.92 Å². The zero-order valence-electron chi connectivity index (χ0n) is 14.4. The predicted octanol–water partition coefficient (Wildman–Crippen LogP) is 5.85. The maximum Gasteiger partial charge on any atom is 0.0551 e. The fourth-order valence-corrected chi connectivity index (χ4v) is 2.78. The van der Waals surface area contributed by atoms with Gasteiger partial charge in [-0.25, -0.2) is 0 Å². The number of allylic oxidation sites excluding steroid dienone is 4. The summed E-state index contributed by atoms with van der Waals surface area (Å²) in [5, 5.41) is 3.49. The van der Waals surface area contributed by atoms with Gasteiger partial charge in [-0.05, 0) is 29.7 Å². The lowest BCUT2D eigenvalue weighted by atomic mass is 10.0. The predicted molar refractivity (Wildman–Crippen MR) is 108 cm³/mol. The Labute approximate surface area is 150 Å². The van der Waals surface area contributed by atoms with Gasteiger partial charge in [0.1, 0.15) is 0 Å². The van der Waals surface area contributed by atoms with E-state index in [2.05, 4.69) is 96.6 Å². The molecule has 0 fully saturated rings. The molecule has 2 aromatic rings. The van der Waals surface area contributed by atoms with Crippen LogP contribution in [-0.4, -0.2) is 6.04 Å². The van der Waals surface area contributed by atoms with Crippen molar-refractivity contribution in [2.24, 2.45) is 5.92 Å². The molecule has 3 rings (SSSR count). The van der Waals surface area contributed by atoms with E-state index in [-0.39, 0.29) is 6.04 Å². The zero-order valence-corrected chi connectivity index (χ0v) is 14.4. The molecule has 1 N–H and O–H groups in total. The van der Waals surface area contributed by atoms with Crippen molar-refractivity contribution >= 4 is 5.69 Å². The van der Waals surface area contributed by atoms with Crippen LogP contribution >= 0.6 is 0 Å². The first-order chi connectivity index (χ1) is 12.3. The molecule has 2 atom stereocenters. The molecule has 25 heavy (non-hydrogen) atoms. The standard InChI is InChI=1S/C24H23N/c1-2-23(15-9-12-20-10-5-3-6-11-20)25-24-18-16-22(17-19-24)21-13-7-4-8-14-21/h2-8,10,13-14,16-20,23,25H,1,11,15H2. The molecular formula is C24H23N. The third kappa shape index (κ3) is 4.99. The van der Waals surface area contributed by atoms with Crippen LogP contribution in [0.15, 0.2) is 91.6 Å². The van der Waals surface area contributed by atoms with Crippen LogP contribution in [0.4, 0.5) is 5.69 Å². The second-order valence-corrected chi connectivity index (χ2v) is 6.11. The number of anilines is 1. The second kappa shape index (κ2) is 8.76. The van der Waals surface area contributed by atoms with Crippen molar-refractivity contribution in [2.75, 3.05) is 5.32 Å². The molecule has 2 aromatic carbocycles. The number of nitrogens with one attached hydrogen (secondary N) is 1. The summed E-state index contributed by atoms with van der Waals surface area (Å²) in [6, 6.07) is 19.1. The fourth-order valence-electron chi connectivity index (χ4n) is 2.78. The lowest BCUT2D eigenvalue weighted by Gasteiger charge is -2.14. The number of hydrogen-bond donors (Lipinski definition) is 1. The first-order valence-corrected chi connectivity index (χ1v) is 8.71. The molecule has 0 radical (unpaired) electrons. The van der Waals surface area contributed by atoms with E-state index in [1.54, 1.807) is 0 Å². The summed E-state index contributed by atoms with van der Waals surface area (Å²) in [4.78, 5) is 0. The Morgan fingerprint density at radius 1 is 1.04 bits per heavy atom. The summed E-state index contributed by atoms with van der Waals surface area (Å²) in [6.45, 7) is 3.93. The summed E-state index contributed by atoms with van der Waals surface area (Å²) in [7, 11) is 0. The van der Waals surface area contributed by atoms with E-state index >= 15 is 0 Å². The van der Waals surface area contributed by atoms with Gasteiger partial charge in [0.05, 0.1) is 6.04 Å². The van der Waals surface area contributed by atoms with Crippen LogP contribution in [0.5, 0.6) is 0 Å². The summed E-state index contributed by atoms with van der Waals surface area (Å²) in [5.74, 6) is 6.97. The number of rotatable bonds is 5. The van der Waals surface area contributed by atoms with Gasteiger partial charge in [-0.3, -0.25) is 0 Å². The smallest absolute Gasteiger partial charge is 0.0551 e. The van der Waals surface area contributed by atoms with Crippen LogP contribution < -0.4 is 5.32 Å². The van der Waals surface area contributed by atoms with Crippen LogP contribution in [0.3, 0.4) is 0 Å². The zero-order chi connectivity index (χ0) is 17.3. The maximum absolute atomic E-state index is 3.93. The molecule has 124 valence electrons. The van der Waals surface area contributed by atoms with E-state index in [1.807, 2.05) is 12.1 Å². The monoisotopic (exact) mass is 325 g/mol. The highest BCUT2D eigenvalue weighted by atomic mass is 14.9. The molecular weight excluding hydrogens is 302 g/mol. The molecule has 0 spiro atoms. The average molecular weight is 325 g/mol. The molecule has 0 saturated heterocycles. The van der Waals surface area contributed by atoms with Gasteiger partial charge in [0.25, 0.3) is 0 Å². The van der Waals surface area contributed by atoms with Gasteiger partial charge < -0.3 is 5.32 Å². The molecule has 2 unspecified atom stereocenters. The van der Waals surface area contributed by atoms with Crippen LogP contribution in [0.1, 0.15) is 12.8 Å². The highest BCUT2D eigenvalue weighted by molar-refractivity contribution is 5.66. The number of benzene rings is 2. The lowest BCUT2D eigenvalue weighted by molar-refractivity contribution is 0.845. The van der Waals surface area contributed by atoms with E-state index in [1.165, 1.54) is 11.1 Å². The van der Waals surface area contributed by atoms with Crippen molar-refractivity contribution < 1.29 is 0 Å². The third-order valence-corrected chi connectivity index (χ3v) is 4.22. The molecule has 0 bridgehead atoms. The maximum atomic E-state index is 3.93. The van der Waals surface area contributed by atoms with Crippen molar-refractivity contribution in [2.45, 2.75) is 18.9 Å². The summed E-state index contributed by atoms with van der Waals surface area (Å²) >= 11 is 0. The van der Waals surface area contributed by atoms with Crippen molar-refractivity contribution in [1.29, 1.82) is 0 Å². The normalized spacial score (nSPS) is 16.6. The average Bonchev–Trinajstić information content (AvgIpc) is 2.69. The van der Waals surface area contributed by atoms with Crippen LogP contribution in [0.25, 0.3) is 11.1 Å². The highest BCUT2D eigenvalue weighted by Gasteiger charge is 2.04. The molecule has 1 aliphatic rings. The molecule has 1 aliphatic carbocycles. The topological polar surface area (TPSA) is 12.0 Å². The summed E-state index contributed by atoms with van der Waals surface area (Å²) < 4.78 is 0. The minimum absolute atomic E-state index is 0.151. The minimum Gasteiger partial charge on any atom is -0.378 e. The van der Waals surface area contributed by atoms with E-state index in [9.17, 15) is 0 Å². The molecule has 0 saturated carbocycles. The van der Waals surface area contributed by atoms with E-state index in [0.717, 1.165) is 18.5 Å². The minimum atomic E-state index is 0.151. The van der Waals surface area contributed by atoms with Crippen LogP contribution in [0.2, 0.25) is 0 Å². The molecule has 1 heteroatoms. The molecule has 0 aromatic heterocycles. The van der Waals surface area contributed by atoms with E-state index in [4.69, 9.17) is 0 Å². The van der Waals surface area contributed by atoms with Crippen molar-refractivity contribution in [3.8, 4) is 23.0 Å². The van der Waals surface area contributed by atoms with Gasteiger partial charge in [0.15, 0.2) is 0 Å². The number of hydrogen-bond acceptors (Lipinski definition) is 1. The molecule has 0 heterocycles. The quantitative estimate of drug-likeness (QED) is 0.537. The van der Waals surface area contributed by atoms with Gasteiger partial charge in [-0.1, -0.05) is 78.8 Å². The Kier molecular flexibility index (Phi) is 5.91. The second-order valence-electron chi connectivity index (χ2n) is 6.11. The summed E-state index contributed by atoms with van der Waals surface area (Å²) in [5.41, 5.74) is 3.54. The van der Waals surface area contributed by atoms with Crippen molar-refractivity contribution in [1.82, 2.24) is 0 Å². The van der Waals surface area contributed by atoms with Gasteiger partial charge >= 0.3 is 0 Å². The Morgan fingerprint density at radius 3 is 2.48 bits per heavy atom. The SMILES string of the molecule is C=CC(CC#CC1C=CC=CC1)Nc1ccc(-c2ccccc2)cc1. The van der Waals surface area contributed by atoms with Gasteiger partial charge in [0.2, 0.25) is 0 Å². The van der Waals surface area contributed by atoms with Crippen LogP contribution in [-0.2, 0) is 0 Å². The molecule has 0 aliphatic heterocycles. The van der Waals surface area contributed by atoms with Crippen LogP contribution in [0, 0.1) is 17.8 Å². The fraction of sp³-hybridized carbons (Fsp3) is 0.167. The Balaban J connectivity index is 1.58. The molecule has 1 nitrogen and oxygen atoms in total. The van der Waals surface area contributed by atoms with Crippen molar-refractivity contribution in [3.63, 3.8) is 0 Å². The first-order valence-electron chi connectivity index (χ1n) is 8.71. The first kappa shape index (κ1) is 16.9. The Morgan fingerprint density at radius 2 is 1.80 bits per heavy atom. The largest absolute Gasteiger partial charge is 0.378 e. The van der Waals surface area contributed by atoms with Gasteiger partial charge in [-0.2, -0.15) is 0 Å².